The van der Waals surface area contributed by atoms with Crippen LogP contribution in [-0.2, 0) is 6.42 Å². The minimum Gasteiger partial charge on any atom is -0.508 e. The van der Waals surface area contributed by atoms with E-state index in [1.807, 2.05) is 12.1 Å². The van der Waals surface area contributed by atoms with E-state index in [4.69, 9.17) is 0 Å². The summed E-state index contributed by atoms with van der Waals surface area (Å²) in [5.41, 5.74) is 2.81. The normalized spacial score (nSPS) is 29.2. The van der Waals surface area contributed by atoms with E-state index in [0.29, 0.717) is 17.8 Å². The van der Waals surface area contributed by atoms with Crippen LogP contribution in [0.5, 0.6) is 5.75 Å². The van der Waals surface area contributed by atoms with Gasteiger partial charge in [0.15, 0.2) is 0 Å². The molecule has 1 aromatic rings. The van der Waals surface area contributed by atoms with Gasteiger partial charge >= 0.3 is 0 Å². The molecule has 92 valence electrons. The fourth-order valence-corrected chi connectivity index (χ4v) is 3.51. The zero-order valence-electron chi connectivity index (χ0n) is 10.5. The van der Waals surface area contributed by atoms with Crippen molar-refractivity contribution in [3.63, 3.8) is 0 Å². The van der Waals surface area contributed by atoms with Gasteiger partial charge in [-0.15, -0.1) is 0 Å². The highest BCUT2D eigenvalue weighted by molar-refractivity contribution is 5.40. The van der Waals surface area contributed by atoms with E-state index in [1.165, 1.54) is 43.4 Å². The van der Waals surface area contributed by atoms with E-state index in [2.05, 4.69) is 17.9 Å². The van der Waals surface area contributed by atoms with Gasteiger partial charge in [-0.25, -0.2) is 0 Å². The van der Waals surface area contributed by atoms with Crippen LogP contribution in [0.25, 0.3) is 0 Å². The topological polar surface area (TPSA) is 23.5 Å². The van der Waals surface area contributed by atoms with Crippen molar-refractivity contribution in [1.82, 2.24) is 4.90 Å². The van der Waals surface area contributed by atoms with Crippen LogP contribution in [0.1, 0.15) is 49.8 Å². The highest BCUT2D eigenvalue weighted by Gasteiger charge is 2.31. The Morgan fingerprint density at radius 2 is 2.12 bits per heavy atom. The van der Waals surface area contributed by atoms with E-state index >= 15 is 0 Å². The molecule has 0 spiro atoms. The number of nitrogens with zero attached hydrogens (tertiary/aromatic N) is 1. The van der Waals surface area contributed by atoms with Crippen LogP contribution in [0, 0.1) is 0 Å². The molecule has 1 saturated heterocycles. The summed E-state index contributed by atoms with van der Waals surface area (Å²) >= 11 is 0. The first-order valence-electron chi connectivity index (χ1n) is 6.83. The summed E-state index contributed by atoms with van der Waals surface area (Å²) in [7, 11) is 0. The minimum absolute atomic E-state index is 0.413. The van der Waals surface area contributed by atoms with Crippen LogP contribution in [0.2, 0.25) is 0 Å². The monoisotopic (exact) mass is 231 g/mol. The van der Waals surface area contributed by atoms with Crippen LogP contribution in [0.4, 0.5) is 0 Å². The predicted molar refractivity (Wildman–Crippen MR) is 69.2 cm³/mol. The number of phenolic OH excluding ortho intramolecular Hbond substituents is 1. The Bertz CT molecular complexity index is 415. The van der Waals surface area contributed by atoms with Gasteiger partial charge in [0.25, 0.3) is 0 Å². The molecule has 3 rings (SSSR count). The number of phenols is 1. The molecule has 2 atom stereocenters. The Labute approximate surface area is 103 Å². The van der Waals surface area contributed by atoms with Crippen molar-refractivity contribution >= 4 is 0 Å². The number of likely N-dealkylation sites (tertiary alicyclic amines) is 1. The van der Waals surface area contributed by atoms with Crippen LogP contribution >= 0.6 is 0 Å². The number of aryl methyl sites for hydroxylation is 1. The van der Waals surface area contributed by atoms with E-state index in [1.54, 1.807) is 0 Å². The first-order chi connectivity index (χ1) is 8.25. The molecule has 2 nitrogen and oxygen atoms in total. The molecule has 1 aliphatic carbocycles. The Morgan fingerprint density at radius 3 is 2.94 bits per heavy atom. The van der Waals surface area contributed by atoms with Crippen LogP contribution in [0.3, 0.4) is 0 Å². The van der Waals surface area contributed by atoms with Crippen LogP contribution in [0.15, 0.2) is 18.2 Å². The van der Waals surface area contributed by atoms with Gasteiger partial charge < -0.3 is 5.11 Å². The lowest BCUT2D eigenvalue weighted by Crippen LogP contribution is -2.39. The molecule has 1 aliphatic heterocycles. The van der Waals surface area contributed by atoms with Crippen molar-refractivity contribution in [3.05, 3.63) is 29.3 Å². The number of hydrogen-bond donors (Lipinski definition) is 1. The van der Waals surface area contributed by atoms with Gasteiger partial charge in [0, 0.05) is 12.1 Å². The molecule has 1 heterocycles. The lowest BCUT2D eigenvalue weighted by molar-refractivity contribution is 0.105. The van der Waals surface area contributed by atoms with E-state index in [9.17, 15) is 5.11 Å². The molecule has 0 amide bonds. The third-order valence-electron chi connectivity index (χ3n) is 4.43. The summed E-state index contributed by atoms with van der Waals surface area (Å²) in [6.07, 6.45) is 6.41. The van der Waals surface area contributed by atoms with Gasteiger partial charge in [-0.1, -0.05) is 12.5 Å². The Hall–Kier alpha value is -1.02. The second kappa shape index (κ2) is 4.34. The number of benzene rings is 1. The summed E-state index contributed by atoms with van der Waals surface area (Å²) in [6, 6.07) is 7.23. The maximum atomic E-state index is 9.53. The Kier molecular flexibility index (Phi) is 2.83. The summed E-state index contributed by atoms with van der Waals surface area (Å²) < 4.78 is 0. The smallest absolute Gasteiger partial charge is 0.115 e. The predicted octanol–water partition coefficient (Wildman–Crippen LogP) is 3.25. The molecule has 0 radical (unpaired) electrons. The van der Waals surface area contributed by atoms with Crippen LogP contribution in [-0.4, -0.2) is 22.6 Å². The molecule has 1 aromatic carbocycles. The van der Waals surface area contributed by atoms with Crippen molar-refractivity contribution < 1.29 is 5.11 Å². The van der Waals surface area contributed by atoms with Gasteiger partial charge in [-0.2, -0.15) is 0 Å². The van der Waals surface area contributed by atoms with Gasteiger partial charge in [-0.3, -0.25) is 4.90 Å². The molecular weight excluding hydrogens is 210 g/mol. The third-order valence-corrected chi connectivity index (χ3v) is 4.43. The molecule has 0 aromatic heterocycles. The molecule has 2 heteroatoms. The number of piperidine rings is 1. The van der Waals surface area contributed by atoms with E-state index < -0.39 is 0 Å². The Balaban J connectivity index is 1.87. The SMILES string of the molecule is CC1CCCCN1C1CCc2cc(O)ccc21. The molecule has 0 saturated carbocycles. The van der Waals surface area contributed by atoms with Gasteiger partial charge in [0.2, 0.25) is 0 Å². The zero-order chi connectivity index (χ0) is 11.8. The average molecular weight is 231 g/mol. The lowest BCUT2D eigenvalue weighted by Gasteiger charge is -2.38. The van der Waals surface area contributed by atoms with Crippen molar-refractivity contribution in [2.45, 2.75) is 51.1 Å². The highest BCUT2D eigenvalue weighted by Crippen LogP contribution is 2.39. The van der Waals surface area contributed by atoms with Gasteiger partial charge in [-0.05, 0) is 62.4 Å². The fraction of sp³-hybridized carbons (Fsp3) is 0.600. The quantitative estimate of drug-likeness (QED) is 0.802. The van der Waals surface area contributed by atoms with Crippen molar-refractivity contribution in [2.24, 2.45) is 0 Å². The zero-order valence-corrected chi connectivity index (χ0v) is 10.5. The fourth-order valence-electron chi connectivity index (χ4n) is 3.51. The second-order valence-electron chi connectivity index (χ2n) is 5.52. The summed E-state index contributed by atoms with van der Waals surface area (Å²) in [5.74, 6) is 0.413. The maximum absolute atomic E-state index is 9.53. The molecule has 17 heavy (non-hydrogen) atoms. The molecule has 2 unspecified atom stereocenters. The van der Waals surface area contributed by atoms with Gasteiger partial charge in [0.1, 0.15) is 5.75 Å². The molecule has 1 N–H and O–H groups in total. The average Bonchev–Trinajstić information content (AvgIpc) is 2.72. The van der Waals surface area contributed by atoms with E-state index in [0.717, 1.165) is 6.42 Å². The van der Waals surface area contributed by atoms with Crippen LogP contribution < -0.4 is 0 Å². The number of aromatic hydroxyl groups is 1. The largest absolute Gasteiger partial charge is 0.508 e. The van der Waals surface area contributed by atoms with Crippen molar-refractivity contribution in [2.75, 3.05) is 6.54 Å². The molecule has 1 fully saturated rings. The number of hydrogen-bond acceptors (Lipinski definition) is 2. The minimum atomic E-state index is 0.413. The lowest BCUT2D eigenvalue weighted by atomic mass is 9.98. The summed E-state index contributed by atoms with van der Waals surface area (Å²) in [5, 5.41) is 9.53. The third kappa shape index (κ3) is 1.95. The first-order valence-corrected chi connectivity index (χ1v) is 6.83. The van der Waals surface area contributed by atoms with Crippen molar-refractivity contribution in [3.8, 4) is 5.75 Å². The second-order valence-corrected chi connectivity index (χ2v) is 5.52. The molecule has 2 aliphatic rings. The summed E-state index contributed by atoms with van der Waals surface area (Å²) in [4.78, 5) is 2.67. The summed E-state index contributed by atoms with van der Waals surface area (Å²) in [6.45, 7) is 3.60. The number of rotatable bonds is 1. The Morgan fingerprint density at radius 1 is 1.24 bits per heavy atom. The molecule has 0 bridgehead atoms. The van der Waals surface area contributed by atoms with Crippen molar-refractivity contribution in [1.29, 1.82) is 0 Å². The maximum Gasteiger partial charge on any atom is 0.115 e. The number of fused-ring (bicyclic) bond motifs is 1. The standard InChI is InChI=1S/C15H21NO/c1-11-4-2-3-9-16(11)15-8-5-12-10-13(17)6-7-14(12)15/h6-7,10-11,15,17H,2-5,8-9H2,1H3. The van der Waals surface area contributed by atoms with Gasteiger partial charge in [0.05, 0.1) is 0 Å². The molecular formula is C15H21NO. The van der Waals surface area contributed by atoms with E-state index in [-0.39, 0.29) is 0 Å². The first kappa shape index (κ1) is 11.1. The highest BCUT2D eigenvalue weighted by atomic mass is 16.3.